The molecule has 1 aromatic carbocycles. The van der Waals surface area contributed by atoms with Crippen molar-refractivity contribution in [1.29, 1.82) is 0 Å². The Morgan fingerprint density at radius 3 is 2.87 bits per heavy atom. The van der Waals surface area contributed by atoms with Crippen LogP contribution in [0.2, 0.25) is 0 Å². The predicted octanol–water partition coefficient (Wildman–Crippen LogP) is 1.20. The molecule has 6 nitrogen and oxygen atoms in total. The van der Waals surface area contributed by atoms with Gasteiger partial charge in [0.15, 0.2) is 5.76 Å². The fraction of sp³-hybridized carbons (Fsp3) is 0.412. The average molecular weight is 318 g/mol. The number of hydrogen-bond donors (Lipinski definition) is 5. The molecule has 1 heterocycles. The summed E-state index contributed by atoms with van der Waals surface area (Å²) in [7, 11) is 0. The van der Waals surface area contributed by atoms with Crippen LogP contribution in [0.25, 0.3) is 5.70 Å². The van der Waals surface area contributed by atoms with Gasteiger partial charge in [0.05, 0.1) is 0 Å². The minimum atomic E-state index is 0.0596. The molecule has 0 aromatic heterocycles. The van der Waals surface area contributed by atoms with Crippen LogP contribution in [0.3, 0.4) is 0 Å². The normalized spacial score (nSPS) is 19.9. The molecule has 1 unspecified atom stereocenters. The minimum Gasteiger partial charge on any atom is -0.507 e. The fourth-order valence-corrected chi connectivity index (χ4v) is 2.49. The average Bonchev–Trinajstić information content (AvgIpc) is 2.55. The van der Waals surface area contributed by atoms with Gasteiger partial charge in [0.1, 0.15) is 17.7 Å². The Bertz CT molecular complexity index is 578. The third-order valence-corrected chi connectivity index (χ3v) is 3.68. The molecule has 0 spiro atoms. The van der Waals surface area contributed by atoms with Crippen LogP contribution in [0.4, 0.5) is 0 Å². The van der Waals surface area contributed by atoms with Gasteiger partial charge in [0, 0.05) is 30.4 Å². The van der Waals surface area contributed by atoms with E-state index in [0.717, 1.165) is 25.9 Å². The second-order valence-electron chi connectivity index (χ2n) is 5.51. The van der Waals surface area contributed by atoms with Crippen molar-refractivity contribution in [2.75, 3.05) is 19.6 Å². The molecular weight excluding hydrogens is 292 g/mol. The molecule has 0 saturated carbocycles. The number of hydrogen-bond acceptors (Lipinski definition) is 6. The van der Waals surface area contributed by atoms with Crippen molar-refractivity contribution in [3.8, 4) is 5.75 Å². The van der Waals surface area contributed by atoms with Gasteiger partial charge in [-0.2, -0.15) is 0 Å². The summed E-state index contributed by atoms with van der Waals surface area (Å²) in [4.78, 5) is 0. The lowest BCUT2D eigenvalue weighted by Crippen LogP contribution is -2.36. The summed E-state index contributed by atoms with van der Waals surface area (Å²) in [5.41, 5.74) is 13.2. The first-order valence-corrected chi connectivity index (χ1v) is 7.98. The zero-order valence-electron chi connectivity index (χ0n) is 13.5. The molecule has 1 aliphatic rings. The van der Waals surface area contributed by atoms with Crippen molar-refractivity contribution in [3.63, 3.8) is 0 Å². The first-order chi connectivity index (χ1) is 11.1. The number of para-hydroxylation sites is 1. The van der Waals surface area contributed by atoms with Gasteiger partial charge in [0.25, 0.3) is 0 Å². The molecule has 23 heavy (non-hydrogen) atoms. The number of nitrogens with one attached hydrogen (secondary N) is 2. The molecule has 1 saturated heterocycles. The van der Waals surface area contributed by atoms with Crippen LogP contribution in [-0.4, -0.2) is 30.8 Å². The fourth-order valence-electron chi connectivity index (χ4n) is 2.49. The molecule has 0 bridgehead atoms. The highest BCUT2D eigenvalue weighted by atomic mass is 16.5. The number of ether oxygens (including phenoxy) is 1. The quantitative estimate of drug-likeness (QED) is 0.399. The molecule has 0 amide bonds. The SMILES string of the molecule is CCN/C(N)=C(/C=C(\N)c1ccccc1O)OC1CCCNC1. The number of aromatic hydroxyl groups is 1. The Morgan fingerprint density at radius 1 is 1.43 bits per heavy atom. The zero-order chi connectivity index (χ0) is 16.7. The van der Waals surface area contributed by atoms with E-state index < -0.39 is 0 Å². The molecule has 0 radical (unpaired) electrons. The van der Waals surface area contributed by atoms with E-state index in [2.05, 4.69) is 10.6 Å². The highest BCUT2D eigenvalue weighted by molar-refractivity contribution is 5.69. The Labute approximate surface area is 137 Å². The summed E-state index contributed by atoms with van der Waals surface area (Å²) in [6.07, 6.45) is 3.77. The van der Waals surface area contributed by atoms with Crippen molar-refractivity contribution in [3.05, 3.63) is 47.5 Å². The second-order valence-corrected chi connectivity index (χ2v) is 5.51. The lowest BCUT2D eigenvalue weighted by Gasteiger charge is -2.25. The number of rotatable bonds is 6. The molecule has 6 heteroatoms. The highest BCUT2D eigenvalue weighted by Crippen LogP contribution is 2.23. The van der Waals surface area contributed by atoms with Crippen molar-refractivity contribution in [2.45, 2.75) is 25.9 Å². The highest BCUT2D eigenvalue weighted by Gasteiger charge is 2.17. The van der Waals surface area contributed by atoms with E-state index in [1.807, 2.05) is 13.0 Å². The number of phenols is 1. The maximum atomic E-state index is 9.92. The van der Waals surface area contributed by atoms with Gasteiger partial charge in [-0.3, -0.25) is 0 Å². The van der Waals surface area contributed by atoms with Crippen molar-refractivity contribution in [1.82, 2.24) is 10.6 Å². The summed E-state index contributed by atoms with van der Waals surface area (Å²) in [5.74, 6) is 1.07. The van der Waals surface area contributed by atoms with E-state index in [9.17, 15) is 5.11 Å². The lowest BCUT2D eigenvalue weighted by atomic mass is 10.1. The van der Waals surface area contributed by atoms with E-state index in [4.69, 9.17) is 16.2 Å². The molecular formula is C17H26N4O2. The molecule has 1 aromatic rings. The molecule has 7 N–H and O–H groups in total. The Kier molecular flexibility index (Phi) is 6.17. The van der Waals surface area contributed by atoms with Crippen LogP contribution in [0, 0.1) is 0 Å². The van der Waals surface area contributed by atoms with Crippen LogP contribution in [0.15, 0.2) is 41.9 Å². The number of piperidine rings is 1. The van der Waals surface area contributed by atoms with Crippen molar-refractivity contribution in [2.24, 2.45) is 11.5 Å². The predicted molar refractivity (Wildman–Crippen MR) is 92.1 cm³/mol. The molecule has 1 fully saturated rings. The third-order valence-electron chi connectivity index (χ3n) is 3.68. The van der Waals surface area contributed by atoms with Gasteiger partial charge in [-0.15, -0.1) is 0 Å². The summed E-state index contributed by atoms with van der Waals surface area (Å²) in [6.45, 7) is 4.44. The zero-order valence-corrected chi connectivity index (χ0v) is 13.5. The Balaban J connectivity index is 2.24. The van der Waals surface area contributed by atoms with Crippen LogP contribution in [0.5, 0.6) is 5.75 Å². The van der Waals surface area contributed by atoms with Gasteiger partial charge in [0.2, 0.25) is 0 Å². The lowest BCUT2D eigenvalue weighted by molar-refractivity contribution is 0.0974. The first kappa shape index (κ1) is 17.0. The van der Waals surface area contributed by atoms with E-state index in [0.29, 0.717) is 29.4 Å². The minimum absolute atomic E-state index is 0.0596. The van der Waals surface area contributed by atoms with Gasteiger partial charge < -0.3 is 31.9 Å². The standard InChI is InChI=1S/C17H26N4O2/c1-2-21-17(19)16(23-12-6-5-9-20-11-12)10-14(18)13-7-3-4-8-15(13)22/h3-4,7-8,10,12,20-22H,2,5-6,9,11,18-19H2,1H3/b14-10-,17-16-. The second kappa shape index (κ2) is 8.33. The van der Waals surface area contributed by atoms with E-state index in [1.165, 1.54) is 0 Å². The number of phenolic OH excluding ortho intramolecular Hbond substituents is 1. The van der Waals surface area contributed by atoms with Gasteiger partial charge in [-0.1, -0.05) is 12.1 Å². The van der Waals surface area contributed by atoms with Gasteiger partial charge in [-0.25, -0.2) is 0 Å². The molecule has 1 atom stereocenters. The Hall–Kier alpha value is -2.34. The van der Waals surface area contributed by atoms with Crippen molar-refractivity contribution < 1.29 is 9.84 Å². The summed E-state index contributed by atoms with van der Waals surface area (Å²) in [6, 6.07) is 6.92. The number of nitrogens with two attached hydrogens (primary N) is 2. The largest absolute Gasteiger partial charge is 0.507 e. The smallest absolute Gasteiger partial charge is 0.161 e. The van der Waals surface area contributed by atoms with E-state index in [-0.39, 0.29) is 11.9 Å². The van der Waals surface area contributed by atoms with E-state index in [1.54, 1.807) is 24.3 Å². The van der Waals surface area contributed by atoms with Crippen LogP contribution in [-0.2, 0) is 4.74 Å². The first-order valence-electron chi connectivity index (χ1n) is 7.98. The summed E-state index contributed by atoms with van der Waals surface area (Å²) in [5, 5.41) is 16.3. The topological polar surface area (TPSA) is 106 Å². The molecule has 1 aliphatic heterocycles. The van der Waals surface area contributed by atoms with Crippen molar-refractivity contribution >= 4 is 5.70 Å². The number of allylic oxidation sites excluding steroid dienone is 1. The van der Waals surface area contributed by atoms with E-state index >= 15 is 0 Å². The molecule has 0 aliphatic carbocycles. The van der Waals surface area contributed by atoms with Crippen LogP contribution < -0.4 is 22.1 Å². The third kappa shape index (κ3) is 4.82. The maximum absolute atomic E-state index is 9.92. The summed E-state index contributed by atoms with van der Waals surface area (Å²) < 4.78 is 6.03. The van der Waals surface area contributed by atoms with Crippen LogP contribution >= 0.6 is 0 Å². The van der Waals surface area contributed by atoms with Gasteiger partial charge >= 0.3 is 0 Å². The monoisotopic (exact) mass is 318 g/mol. The summed E-state index contributed by atoms with van der Waals surface area (Å²) >= 11 is 0. The van der Waals surface area contributed by atoms with Gasteiger partial charge in [-0.05, 0) is 38.4 Å². The molecule has 2 rings (SSSR count). The van der Waals surface area contributed by atoms with Crippen LogP contribution in [0.1, 0.15) is 25.3 Å². The molecule has 126 valence electrons. The maximum Gasteiger partial charge on any atom is 0.161 e. The number of benzene rings is 1. The Morgan fingerprint density at radius 2 is 2.22 bits per heavy atom.